The summed E-state index contributed by atoms with van der Waals surface area (Å²) in [6.07, 6.45) is 0. The molecule has 0 spiro atoms. The Labute approximate surface area is 117 Å². The molecule has 0 amide bonds. The molecule has 0 saturated carbocycles. The van der Waals surface area contributed by atoms with Gasteiger partial charge >= 0.3 is 0 Å². The maximum Gasteiger partial charge on any atom is 0.274 e. The fourth-order valence-electron chi connectivity index (χ4n) is 1.72. The van der Waals surface area contributed by atoms with Crippen molar-refractivity contribution in [3.05, 3.63) is 40.3 Å². The van der Waals surface area contributed by atoms with Crippen LogP contribution < -0.4 is 15.6 Å². The van der Waals surface area contributed by atoms with Crippen LogP contribution in [0.1, 0.15) is 26.5 Å². The van der Waals surface area contributed by atoms with Crippen molar-refractivity contribution in [3.8, 4) is 5.75 Å². The van der Waals surface area contributed by atoms with E-state index in [9.17, 15) is 4.79 Å². The second-order valence-corrected chi connectivity index (χ2v) is 5.46. The van der Waals surface area contributed by atoms with Crippen molar-refractivity contribution < 1.29 is 4.74 Å². The van der Waals surface area contributed by atoms with Crippen molar-refractivity contribution in [2.24, 2.45) is 0 Å². The third-order valence-corrected chi connectivity index (χ3v) is 2.74. The number of ether oxygens (including phenoxy) is 1. The van der Waals surface area contributed by atoms with Crippen molar-refractivity contribution in [3.63, 3.8) is 0 Å². The summed E-state index contributed by atoms with van der Waals surface area (Å²) in [7, 11) is 1.60. The molecule has 0 bridgehead atoms. The van der Waals surface area contributed by atoms with Crippen LogP contribution in [0.15, 0.2) is 29.1 Å². The second kappa shape index (κ2) is 5.32. The molecule has 0 aliphatic rings. The van der Waals surface area contributed by atoms with Crippen LogP contribution in [0.4, 0.5) is 11.6 Å². The van der Waals surface area contributed by atoms with E-state index in [1.165, 1.54) is 0 Å². The van der Waals surface area contributed by atoms with Gasteiger partial charge in [0.2, 0.25) is 5.95 Å². The van der Waals surface area contributed by atoms with Gasteiger partial charge in [0.1, 0.15) is 11.4 Å². The van der Waals surface area contributed by atoms with Crippen molar-refractivity contribution >= 4 is 11.6 Å². The molecule has 1 aromatic carbocycles. The molecule has 2 aromatic rings. The Morgan fingerprint density at radius 1 is 1.25 bits per heavy atom. The molecule has 2 N–H and O–H groups in total. The van der Waals surface area contributed by atoms with E-state index >= 15 is 0 Å². The Kier molecular flexibility index (Phi) is 3.74. The van der Waals surface area contributed by atoms with Gasteiger partial charge in [-0.1, -0.05) is 26.8 Å². The summed E-state index contributed by atoms with van der Waals surface area (Å²) in [5.41, 5.74) is 0.596. The van der Waals surface area contributed by atoms with Gasteiger partial charge in [0.15, 0.2) is 0 Å². The first-order valence-electron chi connectivity index (χ1n) is 6.29. The highest BCUT2D eigenvalue weighted by atomic mass is 16.5. The van der Waals surface area contributed by atoms with E-state index in [1.54, 1.807) is 13.2 Å². The minimum atomic E-state index is -0.338. The second-order valence-electron chi connectivity index (χ2n) is 5.46. The van der Waals surface area contributed by atoms with Crippen molar-refractivity contribution in [2.75, 3.05) is 12.4 Å². The van der Waals surface area contributed by atoms with E-state index in [4.69, 9.17) is 4.74 Å². The van der Waals surface area contributed by atoms with Gasteiger partial charge < -0.3 is 10.1 Å². The SMILES string of the molecule is COc1cccc(Nc2nnc(C(C)(C)C)c(=O)[nH]2)c1. The van der Waals surface area contributed by atoms with Crippen LogP contribution in [0.25, 0.3) is 0 Å². The Balaban J connectivity index is 2.27. The highest BCUT2D eigenvalue weighted by Crippen LogP contribution is 2.19. The van der Waals surface area contributed by atoms with Gasteiger partial charge in [-0.15, -0.1) is 10.2 Å². The molecule has 0 saturated heterocycles. The number of aromatic amines is 1. The normalized spacial score (nSPS) is 11.2. The van der Waals surface area contributed by atoms with Crippen molar-refractivity contribution in [2.45, 2.75) is 26.2 Å². The Morgan fingerprint density at radius 2 is 2.00 bits per heavy atom. The maximum atomic E-state index is 12.0. The fraction of sp³-hybridized carbons (Fsp3) is 0.357. The number of hydrogen-bond donors (Lipinski definition) is 2. The number of hydrogen-bond acceptors (Lipinski definition) is 5. The van der Waals surface area contributed by atoms with E-state index < -0.39 is 0 Å². The van der Waals surface area contributed by atoms with Crippen molar-refractivity contribution in [1.82, 2.24) is 15.2 Å². The highest BCUT2D eigenvalue weighted by molar-refractivity contribution is 5.55. The Hall–Kier alpha value is -2.37. The first-order valence-corrected chi connectivity index (χ1v) is 6.29. The number of nitrogens with zero attached hydrogens (tertiary/aromatic N) is 2. The molecule has 2 rings (SSSR count). The first kappa shape index (κ1) is 14.0. The van der Waals surface area contributed by atoms with Gasteiger partial charge in [-0.25, -0.2) is 0 Å². The van der Waals surface area contributed by atoms with Crippen LogP contribution in [-0.2, 0) is 5.41 Å². The molecule has 106 valence electrons. The summed E-state index contributed by atoms with van der Waals surface area (Å²) in [5.74, 6) is 1.02. The summed E-state index contributed by atoms with van der Waals surface area (Å²) >= 11 is 0. The smallest absolute Gasteiger partial charge is 0.274 e. The van der Waals surface area contributed by atoms with E-state index in [-0.39, 0.29) is 11.0 Å². The standard InChI is InChI=1S/C14H18N4O2/c1-14(2,3)11-12(19)16-13(18-17-11)15-9-6-5-7-10(8-9)20-4/h5-8H,1-4H3,(H2,15,16,18,19). The lowest BCUT2D eigenvalue weighted by Crippen LogP contribution is -2.28. The first-order chi connectivity index (χ1) is 9.40. The van der Waals surface area contributed by atoms with Gasteiger partial charge in [0.25, 0.3) is 5.56 Å². The average Bonchev–Trinajstić information content (AvgIpc) is 2.37. The van der Waals surface area contributed by atoms with Gasteiger partial charge in [-0.2, -0.15) is 0 Å². The lowest BCUT2D eigenvalue weighted by atomic mass is 9.93. The van der Waals surface area contributed by atoms with Crippen LogP contribution in [0, 0.1) is 0 Å². The summed E-state index contributed by atoms with van der Waals surface area (Å²) in [6.45, 7) is 5.75. The van der Waals surface area contributed by atoms with E-state index in [2.05, 4.69) is 20.5 Å². The molecule has 0 aliphatic carbocycles. The Morgan fingerprint density at radius 3 is 2.60 bits per heavy atom. The van der Waals surface area contributed by atoms with Crippen LogP contribution in [0.2, 0.25) is 0 Å². The average molecular weight is 274 g/mol. The number of methoxy groups -OCH3 is 1. The quantitative estimate of drug-likeness (QED) is 0.897. The molecule has 1 aromatic heterocycles. The summed E-state index contributed by atoms with van der Waals surface area (Å²) < 4.78 is 5.13. The Bertz CT molecular complexity index is 659. The molecule has 0 unspecified atom stereocenters. The number of aromatic nitrogens is 3. The largest absolute Gasteiger partial charge is 0.497 e. The van der Waals surface area contributed by atoms with Crippen LogP contribution in [0.5, 0.6) is 5.75 Å². The minimum Gasteiger partial charge on any atom is -0.497 e. The number of anilines is 2. The van der Waals surface area contributed by atoms with Gasteiger partial charge in [0.05, 0.1) is 7.11 Å². The van der Waals surface area contributed by atoms with Crippen LogP contribution in [-0.4, -0.2) is 22.3 Å². The molecule has 0 radical (unpaired) electrons. The highest BCUT2D eigenvalue weighted by Gasteiger charge is 2.20. The number of H-pyrrole nitrogens is 1. The third-order valence-electron chi connectivity index (χ3n) is 2.74. The topological polar surface area (TPSA) is 79.9 Å². The number of nitrogens with one attached hydrogen (secondary N) is 2. The van der Waals surface area contributed by atoms with E-state index in [0.717, 1.165) is 11.4 Å². The zero-order valence-corrected chi connectivity index (χ0v) is 12.0. The molecule has 20 heavy (non-hydrogen) atoms. The summed E-state index contributed by atoms with van der Waals surface area (Å²) in [6, 6.07) is 7.33. The van der Waals surface area contributed by atoms with E-state index in [1.807, 2.05) is 39.0 Å². The molecular weight excluding hydrogens is 256 g/mol. The fourth-order valence-corrected chi connectivity index (χ4v) is 1.72. The minimum absolute atomic E-state index is 0.238. The lowest BCUT2D eigenvalue weighted by Gasteiger charge is -2.15. The maximum absolute atomic E-state index is 12.0. The van der Waals surface area contributed by atoms with Gasteiger partial charge in [0, 0.05) is 17.2 Å². The van der Waals surface area contributed by atoms with Gasteiger partial charge in [-0.3, -0.25) is 9.78 Å². The molecule has 0 fully saturated rings. The predicted molar refractivity (Wildman–Crippen MR) is 77.6 cm³/mol. The van der Waals surface area contributed by atoms with Gasteiger partial charge in [-0.05, 0) is 12.1 Å². The molecule has 6 heteroatoms. The molecule has 0 aliphatic heterocycles. The molecule has 0 atom stereocenters. The zero-order chi connectivity index (χ0) is 14.8. The van der Waals surface area contributed by atoms with Crippen LogP contribution >= 0.6 is 0 Å². The van der Waals surface area contributed by atoms with Crippen molar-refractivity contribution in [1.29, 1.82) is 0 Å². The monoisotopic (exact) mass is 274 g/mol. The third kappa shape index (κ3) is 3.14. The summed E-state index contributed by atoms with van der Waals surface area (Å²) in [5, 5.41) is 11.0. The number of benzene rings is 1. The lowest BCUT2D eigenvalue weighted by molar-refractivity contribution is 0.415. The van der Waals surface area contributed by atoms with Crippen LogP contribution in [0.3, 0.4) is 0 Å². The van der Waals surface area contributed by atoms with E-state index in [0.29, 0.717) is 11.6 Å². The molecule has 6 nitrogen and oxygen atoms in total. The number of rotatable bonds is 3. The molecule has 1 heterocycles. The zero-order valence-electron chi connectivity index (χ0n) is 12.0. The predicted octanol–water partition coefficient (Wildman–Crippen LogP) is 2.21. The summed E-state index contributed by atoms with van der Waals surface area (Å²) in [4.78, 5) is 14.7. The molecular formula is C14H18N4O2.